The molecule has 0 aliphatic carbocycles. The Morgan fingerprint density at radius 1 is 0.850 bits per heavy atom. The number of rotatable bonds is 6. The molecule has 0 N–H and O–H groups in total. The van der Waals surface area contributed by atoms with Gasteiger partial charge in [-0.15, -0.1) is 0 Å². The van der Waals surface area contributed by atoms with Crippen molar-refractivity contribution in [1.82, 2.24) is 0 Å². The largest absolute Gasteiger partial charge is 0.400 e. The van der Waals surface area contributed by atoms with E-state index < -0.39 is 23.3 Å². The molecule has 1 fully saturated rings. The molecule has 0 amide bonds. The molecule has 6 nitrogen and oxygen atoms in total. The average molecular weight is 327 g/mol. The van der Waals surface area contributed by atoms with Crippen LogP contribution < -0.4 is 0 Å². The van der Waals surface area contributed by atoms with Gasteiger partial charge in [0, 0.05) is 49.1 Å². The summed E-state index contributed by atoms with van der Waals surface area (Å²) in [5.41, 5.74) is -0.630. The lowest BCUT2D eigenvalue weighted by atomic mass is 10.2. The van der Waals surface area contributed by atoms with Crippen molar-refractivity contribution in [2.75, 3.05) is 42.7 Å². The molecule has 122 valence electrons. The van der Waals surface area contributed by atoms with Crippen LogP contribution in [-0.2, 0) is 27.2 Å². The van der Waals surface area contributed by atoms with Crippen LogP contribution in [0.25, 0.3) is 0 Å². The lowest BCUT2D eigenvalue weighted by Crippen LogP contribution is -2.65. The zero-order valence-electron chi connectivity index (χ0n) is 13.9. The normalized spacial score (nSPS) is 20.4. The quantitative estimate of drug-likeness (QED) is 0.545. The molecule has 0 unspecified atom stereocenters. The first-order valence-corrected chi connectivity index (χ1v) is 10.9. The monoisotopic (exact) mass is 326 g/mol. The Hall–Kier alpha value is 0.194. The molecule has 1 aliphatic rings. The molecule has 20 heavy (non-hydrogen) atoms. The lowest BCUT2D eigenvalue weighted by molar-refractivity contribution is -0.183. The first-order chi connectivity index (χ1) is 9.51. The maximum absolute atomic E-state index is 5.59. The van der Waals surface area contributed by atoms with E-state index in [2.05, 4.69) is 0 Å². The van der Waals surface area contributed by atoms with Crippen LogP contribution >= 0.6 is 0 Å². The standard InChI is InChI=1S/C9H20O4Si.C3H10O2Si/c1-10-9(11-2)7-5-6-8-14(9,12-3)13-4;1-4-6(3)5-2/h5-8H2,1-4H3;6H,1-3H3. The number of hydrogen-bond donors (Lipinski definition) is 0. The van der Waals surface area contributed by atoms with Crippen molar-refractivity contribution in [2.45, 2.75) is 37.3 Å². The fraction of sp³-hybridized carbons (Fsp3) is 1.00. The number of ether oxygens (including phenoxy) is 2. The molecule has 8 heteroatoms. The predicted molar refractivity (Wildman–Crippen MR) is 82.2 cm³/mol. The SMILES string of the molecule is COC1(OC)CCCC[Si]1(OC)OC.CO[SiH](C)OC. The maximum atomic E-state index is 5.59. The van der Waals surface area contributed by atoms with E-state index in [4.69, 9.17) is 27.2 Å². The number of hydrogen-bond acceptors (Lipinski definition) is 6. The molecular weight excluding hydrogens is 296 g/mol. The molecule has 0 aromatic carbocycles. The molecule has 1 rings (SSSR count). The van der Waals surface area contributed by atoms with Crippen LogP contribution in [-0.4, -0.2) is 65.9 Å². The minimum atomic E-state index is -2.35. The van der Waals surface area contributed by atoms with Crippen molar-refractivity contribution < 1.29 is 27.2 Å². The zero-order chi connectivity index (χ0) is 15.6. The van der Waals surface area contributed by atoms with Crippen molar-refractivity contribution in [3.63, 3.8) is 0 Å². The summed E-state index contributed by atoms with van der Waals surface area (Å²) in [7, 11) is 6.52. The number of methoxy groups -OCH3 is 2. The van der Waals surface area contributed by atoms with Crippen molar-refractivity contribution >= 4 is 17.8 Å². The Morgan fingerprint density at radius 2 is 1.35 bits per heavy atom. The summed E-state index contributed by atoms with van der Waals surface area (Å²) in [6, 6.07) is 0.932. The average Bonchev–Trinajstić information content (AvgIpc) is 2.54. The Labute approximate surface area is 125 Å². The van der Waals surface area contributed by atoms with Crippen LogP contribution in [0.1, 0.15) is 19.3 Å². The highest BCUT2D eigenvalue weighted by Crippen LogP contribution is 2.40. The van der Waals surface area contributed by atoms with Gasteiger partial charge >= 0.3 is 17.8 Å². The lowest BCUT2D eigenvalue weighted by Gasteiger charge is -2.46. The molecule has 0 aromatic rings. The highest BCUT2D eigenvalue weighted by atomic mass is 28.4. The first kappa shape index (κ1) is 20.2. The minimum absolute atomic E-state index is 0.630. The van der Waals surface area contributed by atoms with E-state index in [1.54, 1.807) is 42.7 Å². The molecule has 0 atom stereocenters. The second-order valence-electron chi connectivity index (χ2n) is 4.57. The van der Waals surface area contributed by atoms with Crippen LogP contribution in [0.4, 0.5) is 0 Å². The molecule has 1 heterocycles. The Kier molecular flexibility index (Phi) is 10.1. The van der Waals surface area contributed by atoms with E-state index in [9.17, 15) is 0 Å². The molecule has 0 radical (unpaired) electrons. The van der Waals surface area contributed by atoms with Crippen molar-refractivity contribution in [3.8, 4) is 0 Å². The smallest absolute Gasteiger partial charge is 0.399 e. The molecule has 0 aromatic heterocycles. The van der Waals surface area contributed by atoms with Crippen LogP contribution in [0.3, 0.4) is 0 Å². The summed E-state index contributed by atoms with van der Waals surface area (Å²) in [6.45, 7) is 1.97. The summed E-state index contributed by atoms with van der Waals surface area (Å²) in [6.07, 6.45) is 3.08. The van der Waals surface area contributed by atoms with Gasteiger partial charge in [-0.3, -0.25) is 0 Å². The van der Waals surface area contributed by atoms with Gasteiger partial charge in [-0.25, -0.2) is 0 Å². The van der Waals surface area contributed by atoms with Gasteiger partial charge in [-0.05, 0) is 19.0 Å². The van der Waals surface area contributed by atoms with Crippen LogP contribution in [0, 0.1) is 0 Å². The van der Waals surface area contributed by atoms with Gasteiger partial charge in [0.2, 0.25) is 5.41 Å². The zero-order valence-corrected chi connectivity index (χ0v) is 16.0. The van der Waals surface area contributed by atoms with E-state index >= 15 is 0 Å². The van der Waals surface area contributed by atoms with E-state index in [1.807, 2.05) is 6.55 Å². The third-order valence-corrected chi connectivity index (χ3v) is 9.30. The molecule has 0 spiro atoms. The Bertz CT molecular complexity index is 222. The topological polar surface area (TPSA) is 55.4 Å². The molecule has 1 aliphatic heterocycles. The summed E-state index contributed by atoms with van der Waals surface area (Å²) < 4.78 is 31.8. The molecular formula is C12H30O6Si2. The van der Waals surface area contributed by atoms with Crippen molar-refractivity contribution in [2.24, 2.45) is 0 Å². The molecule has 0 saturated carbocycles. The van der Waals surface area contributed by atoms with Gasteiger partial charge in [0.05, 0.1) is 0 Å². The third-order valence-electron chi connectivity index (χ3n) is 3.82. The van der Waals surface area contributed by atoms with Gasteiger partial charge in [0.1, 0.15) is 0 Å². The van der Waals surface area contributed by atoms with E-state index in [-0.39, 0.29) is 0 Å². The second kappa shape index (κ2) is 10.0. The summed E-state index contributed by atoms with van der Waals surface area (Å²) >= 11 is 0. The summed E-state index contributed by atoms with van der Waals surface area (Å²) in [5.74, 6) is 0. The Morgan fingerprint density at radius 3 is 1.60 bits per heavy atom. The van der Waals surface area contributed by atoms with Crippen molar-refractivity contribution in [1.29, 1.82) is 0 Å². The van der Waals surface area contributed by atoms with Crippen LogP contribution in [0.5, 0.6) is 0 Å². The van der Waals surface area contributed by atoms with Gasteiger partial charge in [0.15, 0.2) is 0 Å². The molecule has 0 bridgehead atoms. The van der Waals surface area contributed by atoms with E-state index in [0.717, 1.165) is 25.3 Å². The minimum Gasteiger partial charge on any atom is -0.400 e. The van der Waals surface area contributed by atoms with E-state index in [1.165, 1.54) is 0 Å². The second-order valence-corrected chi connectivity index (χ2v) is 10.2. The first-order valence-electron chi connectivity index (χ1n) is 6.77. The van der Waals surface area contributed by atoms with Gasteiger partial charge in [-0.1, -0.05) is 6.42 Å². The summed E-state index contributed by atoms with van der Waals surface area (Å²) in [5, 5.41) is 0. The fourth-order valence-corrected chi connectivity index (χ4v) is 6.05. The van der Waals surface area contributed by atoms with Crippen LogP contribution in [0.15, 0.2) is 0 Å². The van der Waals surface area contributed by atoms with E-state index in [0.29, 0.717) is 0 Å². The third kappa shape index (κ3) is 4.60. The fourth-order valence-electron chi connectivity index (χ4n) is 2.39. The Balaban J connectivity index is 0.000000511. The highest BCUT2D eigenvalue weighted by Gasteiger charge is 2.60. The molecule has 1 saturated heterocycles. The predicted octanol–water partition coefficient (Wildman–Crippen LogP) is 1.56. The summed E-state index contributed by atoms with van der Waals surface area (Å²) in [4.78, 5) is 0. The van der Waals surface area contributed by atoms with Gasteiger partial charge in [0.25, 0.3) is 0 Å². The van der Waals surface area contributed by atoms with Crippen LogP contribution in [0.2, 0.25) is 12.6 Å². The van der Waals surface area contributed by atoms with Gasteiger partial charge < -0.3 is 27.2 Å². The van der Waals surface area contributed by atoms with Gasteiger partial charge in [-0.2, -0.15) is 0 Å². The van der Waals surface area contributed by atoms with Crippen molar-refractivity contribution in [3.05, 3.63) is 0 Å². The highest BCUT2D eigenvalue weighted by molar-refractivity contribution is 6.70. The maximum Gasteiger partial charge on any atom is 0.399 e.